The van der Waals surface area contributed by atoms with Gasteiger partial charge in [0.15, 0.2) is 0 Å². The van der Waals surface area contributed by atoms with E-state index in [0.717, 1.165) is 25.2 Å². The Labute approximate surface area is 114 Å². The van der Waals surface area contributed by atoms with Gasteiger partial charge < -0.3 is 5.11 Å². The van der Waals surface area contributed by atoms with Crippen LogP contribution in [-0.2, 0) is 19.4 Å². The minimum absolute atomic E-state index is 0.367. The Morgan fingerprint density at radius 1 is 1.32 bits per heavy atom. The second-order valence-electron chi connectivity index (χ2n) is 4.82. The molecule has 0 saturated carbocycles. The van der Waals surface area contributed by atoms with Crippen LogP contribution in [0.4, 0.5) is 0 Å². The first-order chi connectivity index (χ1) is 9.20. The van der Waals surface area contributed by atoms with Gasteiger partial charge in [0, 0.05) is 13.0 Å². The molecule has 0 aliphatic carbocycles. The van der Waals surface area contributed by atoms with E-state index in [0.29, 0.717) is 6.42 Å². The molecule has 0 radical (unpaired) electrons. The number of rotatable bonds is 6. The molecule has 1 heterocycles. The van der Waals surface area contributed by atoms with Crippen LogP contribution in [-0.4, -0.2) is 26.0 Å². The fourth-order valence-electron chi connectivity index (χ4n) is 2.24. The second-order valence-corrected chi connectivity index (χ2v) is 4.82. The normalized spacial score (nSPS) is 12.6. The molecule has 0 amide bonds. The monoisotopic (exact) mass is 259 g/mol. The highest BCUT2D eigenvalue weighted by atomic mass is 16.3. The molecule has 1 aromatic heterocycles. The standard InChI is InChI=1S/C15H21N3O/c1-3-18-15(16-11-17-18)10-14(19)9-8-13-7-5-4-6-12(13)2/h4-7,11,14,19H,3,8-10H2,1-2H3. The summed E-state index contributed by atoms with van der Waals surface area (Å²) in [6, 6.07) is 8.31. The Hall–Kier alpha value is -1.68. The molecule has 102 valence electrons. The van der Waals surface area contributed by atoms with Crippen LogP contribution in [0.5, 0.6) is 0 Å². The number of hydrogen-bond donors (Lipinski definition) is 1. The van der Waals surface area contributed by atoms with E-state index in [2.05, 4.69) is 29.1 Å². The van der Waals surface area contributed by atoms with E-state index in [1.54, 1.807) is 6.33 Å². The van der Waals surface area contributed by atoms with Gasteiger partial charge in [0.1, 0.15) is 12.2 Å². The van der Waals surface area contributed by atoms with Crippen molar-refractivity contribution in [1.82, 2.24) is 14.8 Å². The number of hydrogen-bond acceptors (Lipinski definition) is 3. The zero-order valence-corrected chi connectivity index (χ0v) is 11.6. The third-order valence-electron chi connectivity index (χ3n) is 3.42. The summed E-state index contributed by atoms with van der Waals surface area (Å²) in [4.78, 5) is 4.19. The van der Waals surface area contributed by atoms with Gasteiger partial charge in [0.2, 0.25) is 0 Å². The van der Waals surface area contributed by atoms with E-state index in [-0.39, 0.29) is 6.10 Å². The number of nitrogens with zero attached hydrogens (tertiary/aromatic N) is 3. The lowest BCUT2D eigenvalue weighted by molar-refractivity contribution is 0.161. The van der Waals surface area contributed by atoms with Crippen LogP contribution in [0, 0.1) is 6.92 Å². The Balaban J connectivity index is 1.88. The zero-order chi connectivity index (χ0) is 13.7. The Morgan fingerprint density at radius 3 is 2.84 bits per heavy atom. The van der Waals surface area contributed by atoms with Gasteiger partial charge in [-0.1, -0.05) is 24.3 Å². The van der Waals surface area contributed by atoms with Crippen LogP contribution in [0.15, 0.2) is 30.6 Å². The molecule has 1 unspecified atom stereocenters. The molecule has 0 saturated heterocycles. The summed E-state index contributed by atoms with van der Waals surface area (Å²) in [5.74, 6) is 0.861. The smallest absolute Gasteiger partial charge is 0.138 e. The fraction of sp³-hybridized carbons (Fsp3) is 0.467. The summed E-state index contributed by atoms with van der Waals surface area (Å²) in [5, 5.41) is 14.2. The summed E-state index contributed by atoms with van der Waals surface area (Å²) in [7, 11) is 0. The van der Waals surface area contributed by atoms with Gasteiger partial charge in [0.05, 0.1) is 6.10 Å². The maximum atomic E-state index is 10.1. The van der Waals surface area contributed by atoms with Crippen molar-refractivity contribution in [3.63, 3.8) is 0 Å². The van der Waals surface area contributed by atoms with Crippen molar-refractivity contribution in [2.24, 2.45) is 0 Å². The minimum Gasteiger partial charge on any atom is -0.393 e. The summed E-state index contributed by atoms with van der Waals surface area (Å²) >= 11 is 0. The summed E-state index contributed by atoms with van der Waals surface area (Å²) in [5.41, 5.74) is 2.59. The first-order valence-corrected chi connectivity index (χ1v) is 6.80. The SMILES string of the molecule is CCn1ncnc1CC(O)CCc1ccccc1C. The van der Waals surface area contributed by atoms with Crippen molar-refractivity contribution >= 4 is 0 Å². The molecule has 0 aliphatic rings. The zero-order valence-electron chi connectivity index (χ0n) is 11.6. The van der Waals surface area contributed by atoms with Gasteiger partial charge in [0.25, 0.3) is 0 Å². The van der Waals surface area contributed by atoms with E-state index in [1.807, 2.05) is 23.7 Å². The molecular formula is C15H21N3O. The largest absolute Gasteiger partial charge is 0.393 e. The molecule has 0 bridgehead atoms. The van der Waals surface area contributed by atoms with Gasteiger partial charge >= 0.3 is 0 Å². The predicted octanol–water partition coefficient (Wildman–Crippen LogP) is 2.14. The third-order valence-corrected chi connectivity index (χ3v) is 3.42. The quantitative estimate of drug-likeness (QED) is 0.864. The Morgan fingerprint density at radius 2 is 2.11 bits per heavy atom. The highest BCUT2D eigenvalue weighted by Gasteiger charge is 2.11. The second kappa shape index (κ2) is 6.48. The van der Waals surface area contributed by atoms with Crippen LogP contribution in [0.2, 0.25) is 0 Å². The number of aromatic nitrogens is 3. The fourth-order valence-corrected chi connectivity index (χ4v) is 2.24. The van der Waals surface area contributed by atoms with Crippen LogP contribution in [0.1, 0.15) is 30.3 Å². The van der Waals surface area contributed by atoms with E-state index in [9.17, 15) is 5.11 Å². The van der Waals surface area contributed by atoms with Gasteiger partial charge in [-0.05, 0) is 37.8 Å². The van der Waals surface area contributed by atoms with Gasteiger partial charge in [-0.2, -0.15) is 5.10 Å². The van der Waals surface area contributed by atoms with Crippen molar-refractivity contribution in [2.45, 2.75) is 45.8 Å². The average Bonchev–Trinajstić information content (AvgIpc) is 2.85. The van der Waals surface area contributed by atoms with Crippen molar-refractivity contribution in [3.8, 4) is 0 Å². The average molecular weight is 259 g/mol. The number of benzene rings is 1. The topological polar surface area (TPSA) is 50.9 Å². The molecule has 0 spiro atoms. The first kappa shape index (κ1) is 13.7. The van der Waals surface area contributed by atoms with Crippen molar-refractivity contribution in [2.75, 3.05) is 0 Å². The molecular weight excluding hydrogens is 238 g/mol. The van der Waals surface area contributed by atoms with Crippen molar-refractivity contribution in [1.29, 1.82) is 0 Å². The number of aliphatic hydroxyl groups excluding tert-OH is 1. The van der Waals surface area contributed by atoms with E-state index < -0.39 is 0 Å². The summed E-state index contributed by atoms with van der Waals surface area (Å²) in [6.45, 7) is 4.92. The molecule has 1 atom stereocenters. The van der Waals surface area contributed by atoms with Gasteiger partial charge in [-0.15, -0.1) is 0 Å². The lowest BCUT2D eigenvalue weighted by atomic mass is 10.0. The molecule has 1 N–H and O–H groups in total. The van der Waals surface area contributed by atoms with Crippen molar-refractivity contribution < 1.29 is 5.11 Å². The molecule has 0 aliphatic heterocycles. The maximum Gasteiger partial charge on any atom is 0.138 e. The highest BCUT2D eigenvalue weighted by molar-refractivity contribution is 5.25. The molecule has 1 aromatic carbocycles. The molecule has 4 heteroatoms. The van der Waals surface area contributed by atoms with Crippen molar-refractivity contribution in [3.05, 3.63) is 47.5 Å². The Bertz CT molecular complexity index is 522. The van der Waals surface area contributed by atoms with Gasteiger partial charge in [-0.3, -0.25) is 4.68 Å². The molecule has 0 fully saturated rings. The van der Waals surface area contributed by atoms with Crippen LogP contribution < -0.4 is 0 Å². The summed E-state index contributed by atoms with van der Waals surface area (Å²) < 4.78 is 1.83. The van der Waals surface area contributed by atoms with Crippen LogP contribution in [0.25, 0.3) is 0 Å². The first-order valence-electron chi connectivity index (χ1n) is 6.80. The van der Waals surface area contributed by atoms with Crippen LogP contribution >= 0.6 is 0 Å². The number of aryl methyl sites for hydroxylation is 3. The van der Waals surface area contributed by atoms with E-state index in [1.165, 1.54) is 11.1 Å². The molecule has 2 rings (SSSR count). The molecule has 2 aromatic rings. The predicted molar refractivity (Wildman–Crippen MR) is 74.9 cm³/mol. The number of aliphatic hydroxyl groups is 1. The molecule has 19 heavy (non-hydrogen) atoms. The Kier molecular flexibility index (Phi) is 4.68. The van der Waals surface area contributed by atoms with E-state index in [4.69, 9.17) is 0 Å². The lowest BCUT2D eigenvalue weighted by Crippen LogP contribution is -2.16. The van der Waals surface area contributed by atoms with Gasteiger partial charge in [-0.25, -0.2) is 4.98 Å². The molecule has 4 nitrogen and oxygen atoms in total. The third kappa shape index (κ3) is 3.64. The maximum absolute atomic E-state index is 10.1. The lowest BCUT2D eigenvalue weighted by Gasteiger charge is -2.11. The van der Waals surface area contributed by atoms with E-state index >= 15 is 0 Å². The highest BCUT2D eigenvalue weighted by Crippen LogP contribution is 2.12. The minimum atomic E-state index is -0.367. The summed E-state index contributed by atoms with van der Waals surface area (Å²) in [6.07, 6.45) is 3.40. The van der Waals surface area contributed by atoms with Crippen LogP contribution in [0.3, 0.4) is 0 Å².